The van der Waals surface area contributed by atoms with E-state index in [1.54, 1.807) is 6.07 Å². The molecule has 0 aliphatic carbocycles. The minimum absolute atomic E-state index is 0.0365. The lowest BCUT2D eigenvalue weighted by Crippen LogP contribution is -2.48. The van der Waals surface area contributed by atoms with E-state index in [-0.39, 0.29) is 17.5 Å². The van der Waals surface area contributed by atoms with E-state index < -0.39 is 0 Å². The van der Waals surface area contributed by atoms with Crippen LogP contribution in [0, 0.1) is 19.7 Å². The number of rotatable bonds is 6. The smallest absolute Gasteiger partial charge is 0.257 e. The Balaban J connectivity index is 1.39. The maximum Gasteiger partial charge on any atom is 0.257 e. The molecule has 3 aromatic rings. The van der Waals surface area contributed by atoms with Gasteiger partial charge in [0.2, 0.25) is 0 Å². The molecule has 0 atom stereocenters. The number of nitrogens with zero attached hydrogens (tertiary/aromatic N) is 4. The van der Waals surface area contributed by atoms with Crippen molar-refractivity contribution in [2.75, 3.05) is 33.3 Å². The number of aryl methyl sites for hydroxylation is 1. The third-order valence-corrected chi connectivity index (χ3v) is 6.05. The number of benzene rings is 2. The normalized spacial score (nSPS) is 14.6. The van der Waals surface area contributed by atoms with Crippen LogP contribution in [0.5, 0.6) is 5.75 Å². The number of carbonyl (C=O) groups excluding carboxylic acids is 1. The van der Waals surface area contributed by atoms with Crippen molar-refractivity contribution in [2.24, 2.45) is 0 Å². The van der Waals surface area contributed by atoms with Crippen molar-refractivity contribution in [3.05, 3.63) is 82.4 Å². The highest BCUT2D eigenvalue weighted by Crippen LogP contribution is 2.21. The number of piperazine rings is 1. The molecule has 2 aromatic carbocycles. The first kappa shape index (κ1) is 22.0. The van der Waals surface area contributed by atoms with E-state index in [1.807, 2.05) is 47.7 Å². The van der Waals surface area contributed by atoms with E-state index in [0.29, 0.717) is 31.7 Å². The molecule has 1 aromatic heterocycles. The van der Waals surface area contributed by atoms with Crippen LogP contribution >= 0.6 is 0 Å². The Labute approximate surface area is 188 Å². The fourth-order valence-electron chi connectivity index (χ4n) is 4.25. The number of amides is 1. The third-order valence-electron chi connectivity index (χ3n) is 6.05. The van der Waals surface area contributed by atoms with Gasteiger partial charge in [-0.25, -0.2) is 4.39 Å². The van der Waals surface area contributed by atoms with Crippen molar-refractivity contribution in [2.45, 2.75) is 26.9 Å². The SMILES string of the molecule is COc1ccc(CN2CCN(C(=O)c3c(C)nn(Cc4ccccc4)c3C)CC2)cc1F. The molecule has 1 saturated heterocycles. The predicted molar refractivity (Wildman–Crippen MR) is 121 cm³/mol. The van der Waals surface area contributed by atoms with Gasteiger partial charge < -0.3 is 9.64 Å². The summed E-state index contributed by atoms with van der Waals surface area (Å²) in [6.07, 6.45) is 0. The lowest BCUT2D eigenvalue weighted by atomic mass is 10.1. The summed E-state index contributed by atoms with van der Waals surface area (Å²) >= 11 is 0. The van der Waals surface area contributed by atoms with Crippen LogP contribution in [-0.2, 0) is 13.1 Å². The van der Waals surface area contributed by atoms with Crippen molar-refractivity contribution in [3.8, 4) is 5.75 Å². The predicted octanol–water partition coefficient (Wildman–Crippen LogP) is 3.65. The van der Waals surface area contributed by atoms with E-state index in [4.69, 9.17) is 4.74 Å². The van der Waals surface area contributed by atoms with Crippen LogP contribution in [0.1, 0.15) is 32.9 Å². The van der Waals surface area contributed by atoms with Gasteiger partial charge in [-0.1, -0.05) is 36.4 Å². The summed E-state index contributed by atoms with van der Waals surface area (Å²) in [5.74, 6) is -0.0607. The van der Waals surface area contributed by atoms with Crippen molar-refractivity contribution in [1.82, 2.24) is 19.6 Å². The lowest BCUT2D eigenvalue weighted by Gasteiger charge is -2.34. The monoisotopic (exact) mass is 436 g/mol. The molecule has 0 N–H and O–H groups in total. The first-order chi connectivity index (χ1) is 15.5. The first-order valence-corrected chi connectivity index (χ1v) is 10.9. The number of aromatic nitrogens is 2. The third kappa shape index (κ3) is 4.67. The molecule has 1 aliphatic rings. The summed E-state index contributed by atoms with van der Waals surface area (Å²) in [6.45, 7) is 7.93. The highest BCUT2D eigenvalue weighted by atomic mass is 19.1. The Morgan fingerprint density at radius 1 is 1.00 bits per heavy atom. The molecule has 168 valence electrons. The molecule has 0 radical (unpaired) electrons. The van der Waals surface area contributed by atoms with Gasteiger partial charge in [-0.3, -0.25) is 14.4 Å². The highest BCUT2D eigenvalue weighted by molar-refractivity contribution is 5.96. The molecular weight excluding hydrogens is 407 g/mol. The molecule has 4 rings (SSSR count). The highest BCUT2D eigenvalue weighted by Gasteiger charge is 2.27. The second-order valence-electron chi connectivity index (χ2n) is 8.23. The second-order valence-corrected chi connectivity index (χ2v) is 8.23. The van der Waals surface area contributed by atoms with Gasteiger partial charge in [0, 0.05) is 38.4 Å². The largest absolute Gasteiger partial charge is 0.494 e. The molecule has 32 heavy (non-hydrogen) atoms. The number of hydrogen-bond donors (Lipinski definition) is 0. The molecule has 0 saturated carbocycles. The van der Waals surface area contributed by atoms with Crippen molar-refractivity contribution < 1.29 is 13.9 Å². The Morgan fingerprint density at radius 3 is 2.38 bits per heavy atom. The summed E-state index contributed by atoms with van der Waals surface area (Å²) in [7, 11) is 1.46. The van der Waals surface area contributed by atoms with Gasteiger partial charge in [0.1, 0.15) is 0 Å². The molecule has 1 aliphatic heterocycles. The molecule has 6 nitrogen and oxygen atoms in total. The second kappa shape index (κ2) is 9.53. The fourth-order valence-corrected chi connectivity index (χ4v) is 4.25. The summed E-state index contributed by atoms with van der Waals surface area (Å²) in [6, 6.07) is 15.2. The van der Waals surface area contributed by atoms with E-state index in [9.17, 15) is 9.18 Å². The van der Waals surface area contributed by atoms with Gasteiger partial charge in [-0.2, -0.15) is 5.10 Å². The number of carbonyl (C=O) groups is 1. The Kier molecular flexibility index (Phi) is 6.55. The zero-order valence-corrected chi connectivity index (χ0v) is 18.8. The standard InChI is InChI=1S/C25H29FN4O2/c1-18-24(19(2)30(27-18)17-20-7-5-4-6-8-20)25(31)29-13-11-28(12-14-29)16-21-9-10-23(32-3)22(26)15-21/h4-10,15H,11-14,16-17H2,1-3H3. The Hall–Kier alpha value is -3.19. The Morgan fingerprint density at radius 2 is 1.72 bits per heavy atom. The molecule has 1 fully saturated rings. The Bertz CT molecular complexity index is 1090. The van der Waals surface area contributed by atoms with Crippen molar-refractivity contribution in [3.63, 3.8) is 0 Å². The molecule has 0 bridgehead atoms. The van der Waals surface area contributed by atoms with E-state index in [2.05, 4.69) is 22.1 Å². The van der Waals surface area contributed by atoms with Crippen molar-refractivity contribution in [1.29, 1.82) is 0 Å². The summed E-state index contributed by atoms with van der Waals surface area (Å²) in [4.78, 5) is 17.4. The molecular formula is C25H29FN4O2. The van der Waals surface area contributed by atoms with Gasteiger partial charge in [0.05, 0.1) is 24.9 Å². The summed E-state index contributed by atoms with van der Waals surface area (Å²) in [5.41, 5.74) is 4.41. The van der Waals surface area contributed by atoms with E-state index in [1.165, 1.54) is 13.2 Å². The maximum atomic E-state index is 14.0. The van der Waals surface area contributed by atoms with Crippen molar-refractivity contribution >= 4 is 5.91 Å². The van der Waals surface area contributed by atoms with Gasteiger partial charge in [-0.15, -0.1) is 0 Å². The molecule has 7 heteroatoms. The van der Waals surface area contributed by atoms with Gasteiger partial charge in [0.25, 0.3) is 5.91 Å². The van der Waals surface area contributed by atoms with Gasteiger partial charge >= 0.3 is 0 Å². The first-order valence-electron chi connectivity index (χ1n) is 10.9. The fraction of sp³-hybridized carbons (Fsp3) is 0.360. The van der Waals surface area contributed by atoms with E-state index in [0.717, 1.165) is 35.6 Å². The molecule has 0 unspecified atom stereocenters. The lowest BCUT2D eigenvalue weighted by molar-refractivity contribution is 0.0627. The zero-order chi connectivity index (χ0) is 22.7. The van der Waals surface area contributed by atoms with Gasteiger partial charge in [-0.05, 0) is 37.1 Å². The number of hydrogen-bond acceptors (Lipinski definition) is 4. The average Bonchev–Trinajstić information content (AvgIpc) is 3.07. The maximum absolute atomic E-state index is 14.0. The van der Waals surface area contributed by atoms with Crippen LogP contribution < -0.4 is 4.74 Å². The topological polar surface area (TPSA) is 50.6 Å². The van der Waals surface area contributed by atoms with Crippen LogP contribution in [0.3, 0.4) is 0 Å². The zero-order valence-electron chi connectivity index (χ0n) is 18.8. The van der Waals surface area contributed by atoms with Crippen LogP contribution in [-0.4, -0.2) is 58.8 Å². The van der Waals surface area contributed by atoms with Gasteiger partial charge in [0.15, 0.2) is 11.6 Å². The minimum Gasteiger partial charge on any atom is -0.494 e. The number of methoxy groups -OCH3 is 1. The summed E-state index contributed by atoms with van der Waals surface area (Å²) < 4.78 is 20.9. The molecule has 0 spiro atoms. The van der Waals surface area contributed by atoms with Crippen LogP contribution in [0.4, 0.5) is 4.39 Å². The quantitative estimate of drug-likeness (QED) is 0.592. The van der Waals surface area contributed by atoms with Crippen LogP contribution in [0.15, 0.2) is 48.5 Å². The average molecular weight is 437 g/mol. The summed E-state index contributed by atoms with van der Waals surface area (Å²) in [5, 5.41) is 4.63. The van der Waals surface area contributed by atoms with Crippen LogP contribution in [0.25, 0.3) is 0 Å². The number of ether oxygens (including phenoxy) is 1. The molecule has 2 heterocycles. The number of halogens is 1. The van der Waals surface area contributed by atoms with E-state index >= 15 is 0 Å². The molecule has 1 amide bonds. The minimum atomic E-state index is -0.350. The van der Waals surface area contributed by atoms with Crippen LogP contribution in [0.2, 0.25) is 0 Å².